The van der Waals surface area contributed by atoms with E-state index in [0.29, 0.717) is 23.0 Å². The molecule has 2 fully saturated rings. The molecule has 1 heterocycles. The van der Waals surface area contributed by atoms with Crippen molar-refractivity contribution in [1.29, 1.82) is 0 Å². The van der Waals surface area contributed by atoms with Crippen LogP contribution < -0.4 is 5.32 Å². The second kappa shape index (κ2) is 9.72. The van der Waals surface area contributed by atoms with Crippen LogP contribution in [0.5, 0.6) is 0 Å². The number of hydrogen-bond acceptors (Lipinski definition) is 2. The topological polar surface area (TPSA) is 38.3 Å². The van der Waals surface area contributed by atoms with E-state index < -0.39 is 8.32 Å². The molecule has 1 saturated heterocycles. The molecule has 0 unspecified atom stereocenters. The molecule has 6 heteroatoms. The van der Waals surface area contributed by atoms with Crippen molar-refractivity contribution < 1.29 is 9.22 Å². The molecule has 0 aromatic heterocycles. The van der Waals surface area contributed by atoms with E-state index in [1.807, 2.05) is 12.1 Å². The van der Waals surface area contributed by atoms with E-state index >= 15 is 0 Å². The number of amides is 1. The van der Waals surface area contributed by atoms with Gasteiger partial charge in [0.25, 0.3) is 0 Å². The van der Waals surface area contributed by atoms with Gasteiger partial charge in [0.2, 0.25) is 5.91 Å². The number of unbranched alkanes of at least 4 members (excludes halogenated alkanes) is 1. The molecule has 1 amide bonds. The Kier molecular flexibility index (Phi) is 7.75. The predicted octanol–water partition coefficient (Wildman–Crippen LogP) is 6.62. The average Bonchev–Trinajstić information content (AvgIpc) is 3.04. The summed E-state index contributed by atoms with van der Waals surface area (Å²) in [6.45, 7) is 7.67. The fourth-order valence-corrected chi connectivity index (χ4v) is 8.53. The second-order valence-corrected chi connectivity index (χ2v) is 14.6. The zero-order valence-corrected chi connectivity index (χ0v) is 20.5. The Bertz CT molecular complexity index is 719. The van der Waals surface area contributed by atoms with Crippen molar-refractivity contribution in [3.63, 3.8) is 0 Å². The first-order valence-electron chi connectivity index (χ1n) is 11.2. The molecule has 1 N–H and O–H groups in total. The molecule has 0 radical (unpaired) electrons. The Morgan fingerprint density at radius 1 is 1.21 bits per heavy atom. The zero-order chi connectivity index (χ0) is 21.1. The number of carbonyl (C=O) groups excluding carboxylic acids is 1. The summed E-state index contributed by atoms with van der Waals surface area (Å²) in [6.07, 6.45) is 8.86. The Morgan fingerprint density at radius 3 is 2.59 bits per heavy atom. The third kappa shape index (κ3) is 5.58. The van der Waals surface area contributed by atoms with Crippen molar-refractivity contribution >= 4 is 37.4 Å². The molecule has 0 bridgehead atoms. The van der Waals surface area contributed by atoms with Crippen LogP contribution in [0.1, 0.15) is 57.4 Å². The van der Waals surface area contributed by atoms with Gasteiger partial charge in [-0.3, -0.25) is 4.79 Å². The molecule has 1 aromatic rings. The van der Waals surface area contributed by atoms with E-state index in [1.54, 1.807) is 6.07 Å². The Labute approximate surface area is 187 Å². The highest BCUT2D eigenvalue weighted by molar-refractivity contribution is 6.71. The Hall–Kier alpha value is -0.553. The van der Waals surface area contributed by atoms with E-state index in [0.717, 1.165) is 18.4 Å². The molecular weight excluding hydrogens is 421 g/mol. The van der Waals surface area contributed by atoms with Gasteiger partial charge in [-0.05, 0) is 56.1 Å². The van der Waals surface area contributed by atoms with Crippen LogP contribution in [0.4, 0.5) is 0 Å². The van der Waals surface area contributed by atoms with Gasteiger partial charge in [0, 0.05) is 28.4 Å². The average molecular weight is 457 g/mol. The van der Waals surface area contributed by atoms with Crippen molar-refractivity contribution in [3.8, 4) is 0 Å². The van der Waals surface area contributed by atoms with Crippen LogP contribution in [0.15, 0.2) is 18.2 Å². The quantitative estimate of drug-likeness (QED) is 0.446. The summed E-state index contributed by atoms with van der Waals surface area (Å²) in [5.74, 6) is 0.251. The van der Waals surface area contributed by atoms with E-state index in [-0.39, 0.29) is 23.3 Å². The van der Waals surface area contributed by atoms with Crippen molar-refractivity contribution in [3.05, 3.63) is 33.8 Å². The van der Waals surface area contributed by atoms with Crippen molar-refractivity contribution in [1.82, 2.24) is 5.32 Å². The van der Waals surface area contributed by atoms with Crippen molar-refractivity contribution in [2.24, 2.45) is 11.8 Å². The number of benzene rings is 1. The first-order chi connectivity index (χ1) is 13.8. The van der Waals surface area contributed by atoms with Crippen LogP contribution in [0.2, 0.25) is 29.2 Å². The minimum absolute atomic E-state index is 0.0947. The molecule has 2 atom stereocenters. The van der Waals surface area contributed by atoms with E-state index in [4.69, 9.17) is 27.6 Å². The van der Waals surface area contributed by atoms with Gasteiger partial charge in [0.05, 0.1) is 5.60 Å². The molecule has 3 rings (SSSR count). The smallest absolute Gasteiger partial charge is 0.223 e. The van der Waals surface area contributed by atoms with Gasteiger partial charge in [-0.1, -0.05) is 68.3 Å². The lowest BCUT2D eigenvalue weighted by Crippen LogP contribution is -2.53. The number of hydrogen-bond donors (Lipinski definition) is 1. The van der Waals surface area contributed by atoms with Crippen LogP contribution >= 0.6 is 23.2 Å². The molecule has 0 spiro atoms. The molecule has 2 aliphatic rings. The fraction of sp³-hybridized carbons (Fsp3) is 0.696. The molecule has 1 aliphatic carbocycles. The summed E-state index contributed by atoms with van der Waals surface area (Å²) in [5.41, 5.74) is 0.821. The molecular formula is C23H35Cl2NO2Si. The number of carbonyl (C=O) groups is 1. The standard InChI is InChI=1S/C23H35Cl2NO2Si/c1-4-5-13-29(2,3)28-23(11-7-6-8-12-23)20-16-26-22(27)19(20)14-17-9-10-18(24)15-21(17)25/h9-10,15,19-20H,4-8,11-14,16H2,1-3H3,(H,26,27)/t19-,20-/m0/s1. The normalized spacial score (nSPS) is 24.5. The summed E-state index contributed by atoms with van der Waals surface area (Å²) >= 11 is 12.5. The predicted molar refractivity (Wildman–Crippen MR) is 124 cm³/mol. The number of nitrogens with one attached hydrogen (secondary N) is 1. The maximum absolute atomic E-state index is 12.9. The highest BCUT2D eigenvalue weighted by Crippen LogP contribution is 2.46. The van der Waals surface area contributed by atoms with Crippen LogP contribution in [0.25, 0.3) is 0 Å². The van der Waals surface area contributed by atoms with Gasteiger partial charge in [-0.25, -0.2) is 0 Å². The summed E-state index contributed by atoms with van der Waals surface area (Å²) < 4.78 is 7.11. The largest absolute Gasteiger partial charge is 0.412 e. The van der Waals surface area contributed by atoms with E-state index in [9.17, 15) is 4.79 Å². The van der Waals surface area contributed by atoms with Gasteiger partial charge >= 0.3 is 0 Å². The maximum atomic E-state index is 12.9. The van der Waals surface area contributed by atoms with Gasteiger partial charge in [-0.2, -0.15) is 0 Å². The monoisotopic (exact) mass is 455 g/mol. The van der Waals surface area contributed by atoms with E-state index in [2.05, 4.69) is 25.3 Å². The third-order valence-electron chi connectivity index (χ3n) is 6.76. The van der Waals surface area contributed by atoms with Gasteiger partial charge in [-0.15, -0.1) is 0 Å². The van der Waals surface area contributed by atoms with E-state index in [1.165, 1.54) is 38.1 Å². The minimum Gasteiger partial charge on any atom is -0.412 e. The Balaban J connectivity index is 1.86. The number of rotatable bonds is 8. The lowest BCUT2D eigenvalue weighted by Gasteiger charge is -2.48. The summed E-state index contributed by atoms with van der Waals surface area (Å²) in [5, 5.41) is 4.42. The van der Waals surface area contributed by atoms with Gasteiger partial charge in [0.1, 0.15) is 0 Å². The first-order valence-corrected chi connectivity index (χ1v) is 15.1. The molecule has 1 saturated carbocycles. The maximum Gasteiger partial charge on any atom is 0.223 e. The van der Waals surface area contributed by atoms with Crippen molar-refractivity contribution in [2.75, 3.05) is 6.54 Å². The van der Waals surface area contributed by atoms with Crippen LogP contribution in [0.3, 0.4) is 0 Å². The van der Waals surface area contributed by atoms with Crippen LogP contribution in [-0.2, 0) is 15.6 Å². The van der Waals surface area contributed by atoms with Gasteiger partial charge < -0.3 is 9.74 Å². The van der Waals surface area contributed by atoms with Gasteiger partial charge in [0.15, 0.2) is 8.32 Å². The molecule has 1 aromatic carbocycles. The molecule has 162 valence electrons. The fourth-order valence-electron chi connectivity index (χ4n) is 5.28. The first kappa shape index (κ1) is 23.1. The Morgan fingerprint density at radius 2 is 1.93 bits per heavy atom. The molecule has 1 aliphatic heterocycles. The molecule has 3 nitrogen and oxygen atoms in total. The summed E-state index contributed by atoms with van der Waals surface area (Å²) in [4.78, 5) is 12.9. The summed E-state index contributed by atoms with van der Waals surface area (Å²) in [6, 6.07) is 6.78. The minimum atomic E-state index is -1.80. The lowest BCUT2D eigenvalue weighted by atomic mass is 9.70. The van der Waals surface area contributed by atoms with Crippen molar-refractivity contribution in [2.45, 2.75) is 83.0 Å². The van der Waals surface area contributed by atoms with Crippen LogP contribution in [0, 0.1) is 11.8 Å². The zero-order valence-electron chi connectivity index (χ0n) is 18.0. The third-order valence-corrected chi connectivity index (χ3v) is 9.86. The number of halogens is 2. The lowest BCUT2D eigenvalue weighted by molar-refractivity contribution is -0.125. The van der Waals surface area contributed by atoms with Crippen LogP contribution in [-0.4, -0.2) is 26.4 Å². The summed E-state index contributed by atoms with van der Waals surface area (Å²) in [7, 11) is -1.80. The SMILES string of the molecule is CCCC[Si](C)(C)OC1([C@H]2CNC(=O)[C@H]2Cc2ccc(Cl)cc2Cl)CCCCC1. The highest BCUT2D eigenvalue weighted by Gasteiger charge is 2.51. The second-order valence-electron chi connectivity index (χ2n) is 9.49. The molecule has 29 heavy (non-hydrogen) atoms. The highest BCUT2D eigenvalue weighted by atomic mass is 35.5.